The van der Waals surface area contributed by atoms with Crippen molar-refractivity contribution in [3.63, 3.8) is 0 Å². The van der Waals surface area contributed by atoms with Crippen molar-refractivity contribution in [1.29, 1.82) is 0 Å². The molecule has 1 N–H and O–H groups in total. The number of amides is 1. The van der Waals surface area contributed by atoms with E-state index in [2.05, 4.69) is 15.3 Å². The predicted octanol–water partition coefficient (Wildman–Crippen LogP) is 1.93. The smallest absolute Gasteiger partial charge is 0.360 e. The lowest BCUT2D eigenvalue weighted by atomic mass is 10.2. The fourth-order valence-electron chi connectivity index (χ4n) is 3.30. The number of hydrogen-bond acceptors (Lipinski definition) is 6. The van der Waals surface area contributed by atoms with E-state index in [0.717, 1.165) is 31.5 Å². The Morgan fingerprint density at radius 3 is 2.63 bits per heavy atom. The van der Waals surface area contributed by atoms with Gasteiger partial charge in [-0.3, -0.25) is 9.59 Å². The molecule has 1 aliphatic rings. The normalized spacial score (nSPS) is 13.4. The average Bonchev–Trinajstić information content (AvgIpc) is 3.53. The minimum atomic E-state index is -0.730. The van der Waals surface area contributed by atoms with E-state index in [4.69, 9.17) is 4.74 Å². The van der Waals surface area contributed by atoms with Crippen molar-refractivity contribution in [2.75, 3.05) is 19.7 Å². The summed E-state index contributed by atoms with van der Waals surface area (Å²) in [5, 5.41) is 7.72. The first-order chi connectivity index (χ1) is 14.6. The molecule has 1 aromatic carbocycles. The number of rotatable bonds is 7. The number of Topliss-reactive ketones (excluding diaryl/α,β-unsaturated/α-hetero) is 1. The van der Waals surface area contributed by atoms with Gasteiger partial charge in [0.1, 0.15) is 5.69 Å². The zero-order valence-corrected chi connectivity index (χ0v) is 16.3. The van der Waals surface area contributed by atoms with E-state index in [-0.39, 0.29) is 17.2 Å². The molecule has 0 spiro atoms. The number of hydrogen-bond donors (Lipinski definition) is 1. The topological polar surface area (TPSA) is 110 Å². The summed E-state index contributed by atoms with van der Waals surface area (Å²) in [6.07, 6.45) is 4.91. The molecule has 154 valence electrons. The molecule has 3 aromatic rings. The maximum absolute atomic E-state index is 12.3. The minimum Gasteiger partial charge on any atom is -0.452 e. The largest absolute Gasteiger partial charge is 0.452 e. The molecule has 0 bridgehead atoms. The number of aromatic nitrogens is 4. The van der Waals surface area contributed by atoms with E-state index in [9.17, 15) is 14.4 Å². The third-order valence-corrected chi connectivity index (χ3v) is 4.90. The van der Waals surface area contributed by atoms with Crippen molar-refractivity contribution in [2.45, 2.75) is 19.4 Å². The maximum atomic E-state index is 12.3. The third kappa shape index (κ3) is 4.45. The van der Waals surface area contributed by atoms with E-state index >= 15 is 0 Å². The van der Waals surface area contributed by atoms with Gasteiger partial charge in [0.25, 0.3) is 5.91 Å². The van der Waals surface area contributed by atoms with E-state index in [1.807, 2.05) is 30.3 Å². The van der Waals surface area contributed by atoms with Gasteiger partial charge < -0.3 is 14.6 Å². The molecule has 1 fully saturated rings. The van der Waals surface area contributed by atoms with Gasteiger partial charge in [0.15, 0.2) is 12.3 Å². The number of carbonyl (C=O) groups excluding carboxylic acids is 3. The van der Waals surface area contributed by atoms with Crippen LogP contribution in [0, 0.1) is 0 Å². The van der Waals surface area contributed by atoms with Crippen molar-refractivity contribution in [2.24, 2.45) is 0 Å². The lowest BCUT2D eigenvalue weighted by Crippen LogP contribution is -2.27. The van der Waals surface area contributed by atoms with Crippen LogP contribution in [-0.4, -0.2) is 62.2 Å². The Balaban J connectivity index is 1.31. The number of nitrogens with one attached hydrogen (secondary N) is 1. The molecule has 1 amide bonds. The second-order valence-corrected chi connectivity index (χ2v) is 7.09. The van der Waals surface area contributed by atoms with Crippen LogP contribution in [0.25, 0.3) is 0 Å². The Labute approximate surface area is 172 Å². The van der Waals surface area contributed by atoms with E-state index in [0.29, 0.717) is 12.2 Å². The van der Waals surface area contributed by atoms with E-state index in [1.54, 1.807) is 4.90 Å². The Morgan fingerprint density at radius 1 is 1.10 bits per heavy atom. The SMILES string of the molecule is O=C(COC(=O)c1cn(Cc2ccccc2)nn1)c1c[nH]c(C(=O)N2CCCC2)c1. The number of likely N-dealkylation sites (tertiary alicyclic amines) is 1. The molecule has 1 saturated heterocycles. The molecule has 0 aliphatic carbocycles. The van der Waals surface area contributed by atoms with Crippen LogP contribution in [0.1, 0.15) is 49.7 Å². The summed E-state index contributed by atoms with van der Waals surface area (Å²) in [6.45, 7) is 1.48. The van der Waals surface area contributed by atoms with E-state index < -0.39 is 18.4 Å². The number of carbonyl (C=O) groups is 3. The van der Waals surface area contributed by atoms with Gasteiger partial charge in [-0.05, 0) is 24.5 Å². The number of ether oxygens (including phenoxy) is 1. The van der Waals surface area contributed by atoms with Crippen LogP contribution in [0.15, 0.2) is 48.8 Å². The van der Waals surface area contributed by atoms with Crippen LogP contribution in [0.2, 0.25) is 0 Å². The molecule has 0 saturated carbocycles. The van der Waals surface area contributed by atoms with Crippen LogP contribution >= 0.6 is 0 Å². The minimum absolute atomic E-state index is 0.0256. The van der Waals surface area contributed by atoms with Crippen LogP contribution in [0.3, 0.4) is 0 Å². The van der Waals surface area contributed by atoms with Gasteiger partial charge in [-0.1, -0.05) is 35.5 Å². The van der Waals surface area contributed by atoms with Gasteiger partial charge in [0, 0.05) is 24.8 Å². The van der Waals surface area contributed by atoms with Gasteiger partial charge in [0.05, 0.1) is 12.7 Å². The number of ketones is 1. The first kappa shape index (κ1) is 19.6. The van der Waals surface area contributed by atoms with Gasteiger partial charge >= 0.3 is 5.97 Å². The quantitative estimate of drug-likeness (QED) is 0.473. The van der Waals surface area contributed by atoms with Crippen LogP contribution < -0.4 is 0 Å². The van der Waals surface area contributed by atoms with Crippen molar-refractivity contribution < 1.29 is 19.1 Å². The standard InChI is InChI=1S/C21H21N5O4/c27-19(16-10-17(22-11-16)20(28)25-8-4-5-9-25)14-30-21(29)18-13-26(24-23-18)12-15-6-2-1-3-7-15/h1-3,6-7,10-11,13,22H,4-5,8-9,12,14H2. The highest BCUT2D eigenvalue weighted by Gasteiger charge is 2.22. The van der Waals surface area contributed by atoms with Crippen LogP contribution in [-0.2, 0) is 11.3 Å². The number of nitrogens with zero attached hydrogens (tertiary/aromatic N) is 4. The zero-order valence-electron chi connectivity index (χ0n) is 16.3. The molecule has 4 rings (SSSR count). The molecule has 9 heteroatoms. The summed E-state index contributed by atoms with van der Waals surface area (Å²) in [5.74, 6) is -1.26. The second kappa shape index (κ2) is 8.73. The zero-order chi connectivity index (χ0) is 20.9. The number of benzene rings is 1. The Bertz CT molecular complexity index is 1050. The molecule has 1 aliphatic heterocycles. The summed E-state index contributed by atoms with van der Waals surface area (Å²) in [4.78, 5) is 41.4. The Kier molecular flexibility index (Phi) is 5.69. The average molecular weight is 407 g/mol. The first-order valence-electron chi connectivity index (χ1n) is 9.72. The lowest BCUT2D eigenvalue weighted by molar-refractivity contribution is 0.0468. The summed E-state index contributed by atoms with van der Waals surface area (Å²) >= 11 is 0. The van der Waals surface area contributed by atoms with Crippen molar-refractivity contribution >= 4 is 17.7 Å². The summed E-state index contributed by atoms with van der Waals surface area (Å²) < 4.78 is 6.59. The van der Waals surface area contributed by atoms with Crippen LogP contribution in [0.4, 0.5) is 0 Å². The second-order valence-electron chi connectivity index (χ2n) is 7.09. The molecule has 2 aromatic heterocycles. The van der Waals surface area contributed by atoms with Gasteiger partial charge in [0.2, 0.25) is 5.78 Å². The van der Waals surface area contributed by atoms with Gasteiger partial charge in [-0.25, -0.2) is 9.48 Å². The number of H-pyrrole nitrogens is 1. The van der Waals surface area contributed by atoms with E-state index in [1.165, 1.54) is 23.1 Å². The van der Waals surface area contributed by atoms with Gasteiger partial charge in [-0.15, -0.1) is 5.10 Å². The van der Waals surface area contributed by atoms with Gasteiger partial charge in [-0.2, -0.15) is 0 Å². The molecule has 0 radical (unpaired) electrons. The summed E-state index contributed by atoms with van der Waals surface area (Å²) in [6, 6.07) is 11.1. The molecular formula is C21H21N5O4. The fraction of sp³-hybridized carbons (Fsp3) is 0.286. The summed E-state index contributed by atoms with van der Waals surface area (Å²) in [7, 11) is 0. The highest BCUT2D eigenvalue weighted by atomic mass is 16.5. The highest BCUT2D eigenvalue weighted by Crippen LogP contribution is 2.14. The Morgan fingerprint density at radius 2 is 1.87 bits per heavy atom. The monoisotopic (exact) mass is 407 g/mol. The first-order valence-corrected chi connectivity index (χ1v) is 9.72. The third-order valence-electron chi connectivity index (χ3n) is 4.90. The number of aromatic amines is 1. The van der Waals surface area contributed by atoms with Crippen molar-refractivity contribution in [3.8, 4) is 0 Å². The molecule has 0 atom stereocenters. The molecule has 3 heterocycles. The van der Waals surface area contributed by atoms with Crippen LogP contribution in [0.5, 0.6) is 0 Å². The fourth-order valence-corrected chi connectivity index (χ4v) is 3.30. The summed E-state index contributed by atoms with van der Waals surface area (Å²) in [5.41, 5.74) is 1.69. The molecule has 0 unspecified atom stereocenters. The highest BCUT2D eigenvalue weighted by molar-refractivity contribution is 6.01. The molecule has 30 heavy (non-hydrogen) atoms. The van der Waals surface area contributed by atoms with Crippen molar-refractivity contribution in [1.82, 2.24) is 24.9 Å². The Hall–Kier alpha value is -3.75. The lowest BCUT2D eigenvalue weighted by Gasteiger charge is -2.13. The molecule has 9 nitrogen and oxygen atoms in total. The van der Waals surface area contributed by atoms with Crippen molar-refractivity contribution in [3.05, 3.63) is 71.3 Å². The molecular weight excluding hydrogens is 386 g/mol. The predicted molar refractivity (Wildman–Crippen MR) is 106 cm³/mol. The number of esters is 1. The maximum Gasteiger partial charge on any atom is 0.360 e.